The lowest BCUT2D eigenvalue weighted by molar-refractivity contribution is 0.112. The molecule has 0 aliphatic rings. The van der Waals surface area contributed by atoms with Gasteiger partial charge in [-0.25, -0.2) is 0 Å². The van der Waals surface area contributed by atoms with Crippen LogP contribution in [0, 0.1) is 6.92 Å². The van der Waals surface area contributed by atoms with E-state index < -0.39 is 0 Å². The van der Waals surface area contributed by atoms with E-state index in [0.717, 1.165) is 17.6 Å². The Balaban J connectivity index is 1.83. The van der Waals surface area contributed by atoms with Gasteiger partial charge in [-0.2, -0.15) is 5.10 Å². The number of hydrogen-bond acceptors (Lipinski definition) is 5. The summed E-state index contributed by atoms with van der Waals surface area (Å²) in [7, 11) is 3.36. The molecule has 0 amide bonds. The molecule has 146 valence electrons. The highest BCUT2D eigenvalue weighted by atomic mass is 35.5. The second kappa shape index (κ2) is 8.54. The predicted molar refractivity (Wildman–Crippen MR) is 110 cm³/mol. The molecule has 0 saturated heterocycles. The normalized spacial score (nSPS) is 10.6. The molecule has 1 heterocycles. The molecule has 0 bridgehead atoms. The smallest absolute Gasteiger partial charge is 0.155 e. The van der Waals surface area contributed by atoms with Crippen molar-refractivity contribution in [1.29, 1.82) is 0 Å². The highest BCUT2D eigenvalue weighted by Crippen LogP contribution is 2.36. The van der Waals surface area contributed by atoms with Crippen molar-refractivity contribution in [3.05, 3.63) is 63.3 Å². The number of aldehydes is 1. The van der Waals surface area contributed by atoms with E-state index in [4.69, 9.17) is 32.7 Å². The number of hydrogen-bond donors (Lipinski definition) is 1. The van der Waals surface area contributed by atoms with Crippen LogP contribution in [0.2, 0.25) is 10.0 Å². The minimum Gasteiger partial charge on any atom is -0.497 e. The molecule has 0 atom stereocenters. The number of methoxy groups -OCH3 is 1. The highest BCUT2D eigenvalue weighted by molar-refractivity contribution is 6.37. The van der Waals surface area contributed by atoms with Gasteiger partial charge in [0.1, 0.15) is 23.9 Å². The van der Waals surface area contributed by atoms with Crippen molar-refractivity contribution in [2.24, 2.45) is 7.05 Å². The van der Waals surface area contributed by atoms with E-state index >= 15 is 0 Å². The number of ether oxygens (including phenoxy) is 2. The third kappa shape index (κ3) is 4.24. The molecule has 8 heteroatoms. The zero-order valence-electron chi connectivity index (χ0n) is 15.6. The van der Waals surface area contributed by atoms with Crippen molar-refractivity contribution in [1.82, 2.24) is 9.78 Å². The molecule has 0 saturated carbocycles. The zero-order chi connectivity index (χ0) is 20.3. The second-order valence-electron chi connectivity index (χ2n) is 6.11. The molecule has 0 aliphatic heterocycles. The number of nitrogens with zero attached hydrogens (tertiary/aromatic N) is 2. The van der Waals surface area contributed by atoms with Crippen LogP contribution in [0.4, 0.5) is 11.5 Å². The quantitative estimate of drug-likeness (QED) is 0.534. The fourth-order valence-electron chi connectivity index (χ4n) is 2.71. The van der Waals surface area contributed by atoms with Gasteiger partial charge in [0, 0.05) is 13.1 Å². The Morgan fingerprint density at radius 1 is 1.18 bits per heavy atom. The Hall–Kier alpha value is -2.70. The van der Waals surface area contributed by atoms with Crippen LogP contribution in [0.15, 0.2) is 36.4 Å². The molecule has 1 aromatic heterocycles. The predicted octanol–water partition coefficient (Wildman–Crippen LogP) is 5.18. The molecular formula is C20H19Cl2N3O3. The fourth-order valence-corrected chi connectivity index (χ4v) is 3.19. The minimum atomic E-state index is 0.329. The van der Waals surface area contributed by atoms with E-state index in [1.807, 2.05) is 24.3 Å². The molecule has 1 N–H and O–H groups in total. The van der Waals surface area contributed by atoms with Gasteiger partial charge in [0.2, 0.25) is 0 Å². The Morgan fingerprint density at radius 3 is 2.54 bits per heavy atom. The Bertz CT molecular complexity index is 1000. The summed E-state index contributed by atoms with van der Waals surface area (Å²) in [5.41, 5.74) is 2.61. The zero-order valence-corrected chi connectivity index (χ0v) is 17.1. The van der Waals surface area contributed by atoms with Crippen molar-refractivity contribution in [3.8, 4) is 11.5 Å². The average Bonchev–Trinajstić information content (AvgIpc) is 2.95. The summed E-state index contributed by atoms with van der Waals surface area (Å²) < 4.78 is 12.6. The van der Waals surface area contributed by atoms with Crippen molar-refractivity contribution in [2.45, 2.75) is 13.5 Å². The van der Waals surface area contributed by atoms with Crippen LogP contribution in [0.3, 0.4) is 0 Å². The molecule has 0 spiro atoms. The number of carbonyl (C=O) groups excluding carboxylic acids is 1. The van der Waals surface area contributed by atoms with Crippen LogP contribution in [-0.2, 0) is 13.7 Å². The SMILES string of the molecule is COc1ccc(COc2cc(Nc3c(C=O)c(C)nn3C)c(Cl)cc2Cl)cc1. The van der Waals surface area contributed by atoms with Gasteiger partial charge < -0.3 is 14.8 Å². The van der Waals surface area contributed by atoms with Gasteiger partial charge in [-0.05, 0) is 30.7 Å². The number of carbonyl (C=O) groups is 1. The summed E-state index contributed by atoms with van der Waals surface area (Å²) in [6.07, 6.45) is 0.760. The standard InChI is InChI=1S/C20H19Cl2N3O3/c1-12-15(10-26)20(25(2)24-12)23-18-9-19(17(22)8-16(18)21)28-11-13-4-6-14(27-3)7-5-13/h4-10,23H,11H2,1-3H3. The summed E-state index contributed by atoms with van der Waals surface area (Å²) in [6.45, 7) is 2.09. The second-order valence-corrected chi connectivity index (χ2v) is 6.93. The molecule has 2 aromatic carbocycles. The summed E-state index contributed by atoms with van der Waals surface area (Å²) in [5, 5.41) is 8.18. The maximum Gasteiger partial charge on any atom is 0.155 e. The number of aromatic nitrogens is 2. The van der Waals surface area contributed by atoms with Crippen LogP contribution >= 0.6 is 23.2 Å². The number of aryl methyl sites for hydroxylation is 2. The first-order valence-corrected chi connectivity index (χ1v) is 9.19. The third-order valence-corrected chi connectivity index (χ3v) is 4.82. The summed E-state index contributed by atoms with van der Waals surface area (Å²) in [4.78, 5) is 11.4. The van der Waals surface area contributed by atoms with E-state index in [0.29, 0.717) is 45.2 Å². The van der Waals surface area contributed by atoms with Crippen molar-refractivity contribution in [3.63, 3.8) is 0 Å². The number of anilines is 2. The van der Waals surface area contributed by atoms with Gasteiger partial charge in [0.15, 0.2) is 6.29 Å². The third-order valence-electron chi connectivity index (χ3n) is 4.21. The van der Waals surface area contributed by atoms with Gasteiger partial charge in [-0.3, -0.25) is 9.48 Å². The van der Waals surface area contributed by atoms with Crippen molar-refractivity contribution in [2.75, 3.05) is 12.4 Å². The topological polar surface area (TPSA) is 65.4 Å². The number of nitrogens with one attached hydrogen (secondary N) is 1. The Kier molecular flexibility index (Phi) is 6.11. The lowest BCUT2D eigenvalue weighted by atomic mass is 10.2. The molecule has 28 heavy (non-hydrogen) atoms. The number of halogens is 2. The maximum atomic E-state index is 11.4. The van der Waals surface area contributed by atoms with Crippen LogP contribution in [-0.4, -0.2) is 23.2 Å². The lowest BCUT2D eigenvalue weighted by Crippen LogP contribution is -2.03. The van der Waals surface area contributed by atoms with Crippen molar-refractivity contribution >= 4 is 41.0 Å². The van der Waals surface area contributed by atoms with E-state index in [1.165, 1.54) is 0 Å². The summed E-state index contributed by atoms with van der Waals surface area (Å²) >= 11 is 12.6. The minimum absolute atomic E-state index is 0.329. The van der Waals surface area contributed by atoms with E-state index in [1.54, 1.807) is 37.9 Å². The average molecular weight is 420 g/mol. The van der Waals surface area contributed by atoms with E-state index in [9.17, 15) is 4.79 Å². The van der Waals surface area contributed by atoms with Crippen LogP contribution < -0.4 is 14.8 Å². The van der Waals surface area contributed by atoms with E-state index in [-0.39, 0.29) is 0 Å². The van der Waals surface area contributed by atoms with Crippen LogP contribution in [0.25, 0.3) is 0 Å². The van der Waals surface area contributed by atoms with Gasteiger partial charge >= 0.3 is 0 Å². The molecule has 0 unspecified atom stereocenters. The van der Waals surface area contributed by atoms with Gasteiger partial charge in [0.05, 0.1) is 34.1 Å². The number of benzene rings is 2. The molecule has 0 fully saturated rings. The van der Waals surface area contributed by atoms with Crippen molar-refractivity contribution < 1.29 is 14.3 Å². The lowest BCUT2D eigenvalue weighted by Gasteiger charge is -2.14. The first kappa shape index (κ1) is 20.0. The molecule has 3 rings (SSSR count). The van der Waals surface area contributed by atoms with Crippen LogP contribution in [0.5, 0.6) is 11.5 Å². The van der Waals surface area contributed by atoms with Gasteiger partial charge in [-0.15, -0.1) is 0 Å². The molecule has 3 aromatic rings. The maximum absolute atomic E-state index is 11.4. The largest absolute Gasteiger partial charge is 0.497 e. The summed E-state index contributed by atoms with van der Waals surface area (Å²) in [6, 6.07) is 10.8. The van der Waals surface area contributed by atoms with E-state index in [2.05, 4.69) is 10.4 Å². The first-order chi connectivity index (χ1) is 13.4. The van der Waals surface area contributed by atoms with Crippen LogP contribution in [0.1, 0.15) is 21.6 Å². The Morgan fingerprint density at radius 2 is 1.89 bits per heavy atom. The van der Waals surface area contributed by atoms with Gasteiger partial charge in [-0.1, -0.05) is 35.3 Å². The van der Waals surface area contributed by atoms with Gasteiger partial charge in [0.25, 0.3) is 0 Å². The molecule has 0 aliphatic carbocycles. The first-order valence-electron chi connectivity index (χ1n) is 8.43. The Labute approximate surface area is 173 Å². The number of rotatable bonds is 7. The summed E-state index contributed by atoms with van der Waals surface area (Å²) in [5.74, 6) is 1.78. The molecule has 6 nitrogen and oxygen atoms in total. The highest BCUT2D eigenvalue weighted by Gasteiger charge is 2.16. The fraction of sp³-hybridized carbons (Fsp3) is 0.200. The molecular weight excluding hydrogens is 401 g/mol. The molecule has 0 radical (unpaired) electrons. The monoisotopic (exact) mass is 419 g/mol.